The summed E-state index contributed by atoms with van der Waals surface area (Å²) >= 11 is 0. The molecular weight excluding hydrogens is 406 g/mol. The highest BCUT2D eigenvalue weighted by Gasteiger charge is 2.55. The normalized spacial score (nSPS) is 25.9. The van der Waals surface area contributed by atoms with Crippen molar-refractivity contribution in [3.8, 4) is 0 Å². The summed E-state index contributed by atoms with van der Waals surface area (Å²) in [5.41, 5.74) is 6.35. The van der Waals surface area contributed by atoms with Gasteiger partial charge >= 0.3 is 6.03 Å². The number of amides is 4. The van der Waals surface area contributed by atoms with Gasteiger partial charge in [-0.15, -0.1) is 0 Å². The largest absolute Gasteiger partial charge is 0.380 e. The summed E-state index contributed by atoms with van der Waals surface area (Å²) in [4.78, 5) is 39.0. The first kappa shape index (κ1) is 24.1. The van der Waals surface area contributed by atoms with Crippen molar-refractivity contribution in [1.29, 1.82) is 0 Å². The molecule has 8 heteroatoms. The molecule has 0 spiro atoms. The molecule has 32 heavy (non-hydrogen) atoms. The maximum atomic E-state index is 13.4. The molecule has 0 radical (unpaired) electrons. The summed E-state index contributed by atoms with van der Waals surface area (Å²) in [6.45, 7) is 14.9. The third-order valence-corrected chi connectivity index (χ3v) is 7.15. The molecule has 1 heterocycles. The van der Waals surface area contributed by atoms with Crippen molar-refractivity contribution < 1.29 is 14.4 Å². The number of carbonyl (C=O) groups is 3. The van der Waals surface area contributed by atoms with Gasteiger partial charge in [0.2, 0.25) is 11.8 Å². The Kier molecular flexibility index (Phi) is 6.91. The van der Waals surface area contributed by atoms with E-state index in [1.807, 2.05) is 25.7 Å². The molecule has 0 aromatic carbocycles. The van der Waals surface area contributed by atoms with Crippen molar-refractivity contribution in [2.75, 3.05) is 13.6 Å². The average molecular weight is 446 g/mol. The van der Waals surface area contributed by atoms with E-state index >= 15 is 0 Å². The second-order valence-electron chi connectivity index (χ2n) is 10.8. The number of piperidine rings is 1. The monoisotopic (exact) mass is 445 g/mol. The van der Waals surface area contributed by atoms with Crippen molar-refractivity contribution in [3.05, 3.63) is 24.4 Å². The number of primary amides is 1. The minimum Gasteiger partial charge on any atom is -0.380 e. The van der Waals surface area contributed by atoms with Crippen molar-refractivity contribution >= 4 is 17.8 Å². The summed E-state index contributed by atoms with van der Waals surface area (Å²) in [6.07, 6.45) is 4.42. The number of urea groups is 1. The van der Waals surface area contributed by atoms with Crippen LogP contribution in [0.5, 0.6) is 0 Å². The Labute approximate surface area is 191 Å². The van der Waals surface area contributed by atoms with Gasteiger partial charge in [-0.1, -0.05) is 46.8 Å². The number of carbonyl (C=O) groups excluding carboxylic acids is 3. The molecule has 1 aliphatic heterocycles. The highest BCUT2D eigenvalue weighted by atomic mass is 16.2. The van der Waals surface area contributed by atoms with E-state index in [0.717, 1.165) is 31.4 Å². The van der Waals surface area contributed by atoms with Crippen LogP contribution in [-0.2, 0) is 9.59 Å². The van der Waals surface area contributed by atoms with Gasteiger partial charge < -0.3 is 26.6 Å². The third kappa shape index (κ3) is 5.64. The molecule has 3 rings (SSSR count). The predicted octanol–water partition coefficient (Wildman–Crippen LogP) is 1.88. The minimum atomic E-state index is -0.507. The summed E-state index contributed by atoms with van der Waals surface area (Å²) in [5, 5.41) is 8.90. The topological polar surface area (TPSA) is 117 Å². The van der Waals surface area contributed by atoms with Gasteiger partial charge in [0, 0.05) is 37.3 Å². The van der Waals surface area contributed by atoms with Gasteiger partial charge in [-0.3, -0.25) is 9.59 Å². The molecule has 0 bridgehead atoms. The lowest BCUT2D eigenvalue weighted by Gasteiger charge is -2.36. The number of nitrogens with two attached hydrogens (primary N) is 1. The molecule has 4 amide bonds. The van der Waals surface area contributed by atoms with Gasteiger partial charge in [-0.05, 0) is 36.0 Å². The summed E-state index contributed by atoms with van der Waals surface area (Å²) in [7, 11) is 1.56. The average Bonchev–Trinajstić information content (AvgIpc) is 3.64. The van der Waals surface area contributed by atoms with Crippen LogP contribution in [0, 0.1) is 23.2 Å². The van der Waals surface area contributed by atoms with Gasteiger partial charge in [0.05, 0.1) is 12.1 Å². The highest BCUT2D eigenvalue weighted by molar-refractivity contribution is 5.92. The first-order valence-electron chi connectivity index (χ1n) is 11.6. The van der Waals surface area contributed by atoms with Crippen LogP contribution >= 0.6 is 0 Å². The number of likely N-dealkylation sites (tertiary alicyclic amines) is 1. The van der Waals surface area contributed by atoms with Gasteiger partial charge in [0.25, 0.3) is 0 Å². The molecule has 3 unspecified atom stereocenters. The van der Waals surface area contributed by atoms with Crippen molar-refractivity contribution in [2.45, 2.75) is 71.0 Å². The maximum Gasteiger partial charge on any atom is 0.314 e. The summed E-state index contributed by atoms with van der Waals surface area (Å²) in [5.74, 6) is 0.961. The first-order chi connectivity index (χ1) is 14.9. The molecule has 0 aromatic rings. The molecular formula is C24H39N5O3. The highest BCUT2D eigenvalue weighted by Crippen LogP contribution is 2.51. The Morgan fingerprint density at radius 2 is 1.81 bits per heavy atom. The lowest BCUT2D eigenvalue weighted by molar-refractivity contribution is -0.133. The van der Waals surface area contributed by atoms with Crippen LogP contribution in [0.25, 0.3) is 0 Å². The zero-order valence-corrected chi connectivity index (χ0v) is 19.9. The van der Waals surface area contributed by atoms with Crippen LogP contribution in [0.2, 0.25) is 0 Å². The fourth-order valence-electron chi connectivity index (χ4n) is 4.72. The van der Waals surface area contributed by atoms with Crippen LogP contribution in [0.4, 0.5) is 4.79 Å². The van der Waals surface area contributed by atoms with Crippen molar-refractivity contribution in [1.82, 2.24) is 20.9 Å². The van der Waals surface area contributed by atoms with E-state index in [9.17, 15) is 14.4 Å². The predicted molar refractivity (Wildman–Crippen MR) is 124 cm³/mol. The van der Waals surface area contributed by atoms with Crippen LogP contribution in [0.15, 0.2) is 24.4 Å². The van der Waals surface area contributed by atoms with Gasteiger partial charge in [-0.2, -0.15) is 0 Å². The smallest absolute Gasteiger partial charge is 0.314 e. The molecule has 2 saturated carbocycles. The van der Waals surface area contributed by atoms with E-state index in [0.29, 0.717) is 29.9 Å². The molecule has 0 aromatic heterocycles. The van der Waals surface area contributed by atoms with E-state index in [-0.39, 0.29) is 41.9 Å². The van der Waals surface area contributed by atoms with E-state index < -0.39 is 5.91 Å². The molecule has 1 saturated heterocycles. The lowest BCUT2D eigenvalue weighted by Crippen LogP contribution is -2.51. The van der Waals surface area contributed by atoms with Gasteiger partial charge in [0.1, 0.15) is 0 Å². The van der Waals surface area contributed by atoms with Crippen LogP contribution in [-0.4, -0.2) is 54.5 Å². The van der Waals surface area contributed by atoms with Gasteiger partial charge in [0.15, 0.2) is 0 Å². The first-order valence-corrected chi connectivity index (χ1v) is 11.6. The fourth-order valence-corrected chi connectivity index (χ4v) is 4.72. The molecule has 3 aliphatic rings. The third-order valence-electron chi connectivity index (χ3n) is 7.15. The van der Waals surface area contributed by atoms with E-state index in [2.05, 4.69) is 29.1 Å². The number of hydrogen-bond donors (Lipinski definition) is 4. The number of nitrogens with one attached hydrogen (secondary N) is 3. The van der Waals surface area contributed by atoms with E-state index in [4.69, 9.17) is 5.73 Å². The fraction of sp³-hybridized carbons (Fsp3) is 0.708. The van der Waals surface area contributed by atoms with E-state index in [1.165, 1.54) is 0 Å². The Morgan fingerprint density at radius 3 is 2.34 bits per heavy atom. The van der Waals surface area contributed by atoms with Crippen molar-refractivity contribution in [2.24, 2.45) is 28.9 Å². The zero-order valence-electron chi connectivity index (χ0n) is 19.9. The molecule has 5 atom stereocenters. The SMILES string of the molecule is C=C(C(N)=O)C(CC1CC1)NC(=C)C1[C@H]2C[C@H]2CN1C(=O)CC(NC(=O)NC)C(C)(C)C. The van der Waals surface area contributed by atoms with Crippen LogP contribution in [0.1, 0.15) is 52.9 Å². The van der Waals surface area contributed by atoms with Crippen molar-refractivity contribution in [3.63, 3.8) is 0 Å². The molecule has 3 fully saturated rings. The Bertz CT molecular complexity index is 798. The molecule has 2 aliphatic carbocycles. The maximum absolute atomic E-state index is 13.4. The Hall–Kier alpha value is -2.51. The number of hydrogen-bond acceptors (Lipinski definition) is 4. The quantitative estimate of drug-likeness (QED) is 0.384. The summed E-state index contributed by atoms with van der Waals surface area (Å²) < 4.78 is 0. The summed E-state index contributed by atoms with van der Waals surface area (Å²) in [6, 6.07) is -0.960. The number of nitrogens with zero attached hydrogens (tertiary/aromatic N) is 1. The second-order valence-corrected chi connectivity index (χ2v) is 10.8. The minimum absolute atomic E-state index is 0.00829. The molecule has 5 N–H and O–H groups in total. The molecule has 178 valence electrons. The second kappa shape index (κ2) is 9.16. The van der Waals surface area contributed by atoms with E-state index in [1.54, 1.807) is 7.05 Å². The lowest BCUT2D eigenvalue weighted by atomic mass is 9.84. The Morgan fingerprint density at radius 1 is 1.16 bits per heavy atom. The molecule has 8 nitrogen and oxygen atoms in total. The van der Waals surface area contributed by atoms with Crippen LogP contribution in [0.3, 0.4) is 0 Å². The number of rotatable bonds is 10. The Balaban J connectivity index is 1.69. The zero-order chi connectivity index (χ0) is 23.8. The van der Waals surface area contributed by atoms with Crippen LogP contribution < -0.4 is 21.7 Å². The standard InChI is InChI=1S/C24H39N5O3/c1-13(22(25)31)18(9-15-7-8-15)27-14(2)21-17-10-16(17)12-29(21)20(30)11-19(24(3,4)5)28-23(32)26-6/h15-19,21,27H,1-2,7-12H2,3-6H3,(H2,25,31)(H2,26,28,32)/t16-,17-,18?,19?,21?/m0/s1. The number of fused-ring (bicyclic) bond motifs is 1. The van der Waals surface area contributed by atoms with Gasteiger partial charge in [-0.25, -0.2) is 4.79 Å².